The van der Waals surface area contributed by atoms with Gasteiger partial charge in [0.15, 0.2) is 0 Å². The molecule has 1 saturated heterocycles. The molecule has 0 spiro atoms. The molecule has 1 N–H and O–H groups in total. The molecule has 1 heterocycles. The first-order valence-corrected chi connectivity index (χ1v) is 5.49. The number of ether oxygens (including phenoxy) is 1. The molecule has 0 aliphatic carbocycles. The maximum Gasteiger partial charge on any atom is 0.0700 e. The second kappa shape index (κ2) is 8.52. The third-order valence-electron chi connectivity index (χ3n) is 1.62. The van der Waals surface area contributed by atoms with Crippen LogP contribution in [0.5, 0.6) is 0 Å². The molecular weight excluding hydrogens is 162 g/mol. The van der Waals surface area contributed by atoms with Crippen molar-refractivity contribution in [1.29, 1.82) is 0 Å². The second-order valence-electron chi connectivity index (χ2n) is 4.22. The SMILES string of the molecule is CC(C)C.CCCC1CNCCO1. The number of nitrogens with one attached hydrogen (secondary N) is 1. The van der Waals surface area contributed by atoms with E-state index in [-0.39, 0.29) is 0 Å². The van der Waals surface area contributed by atoms with Crippen molar-refractivity contribution < 1.29 is 4.74 Å². The van der Waals surface area contributed by atoms with Crippen LogP contribution in [0.1, 0.15) is 40.5 Å². The van der Waals surface area contributed by atoms with E-state index >= 15 is 0 Å². The van der Waals surface area contributed by atoms with Crippen molar-refractivity contribution in [3.05, 3.63) is 0 Å². The minimum Gasteiger partial charge on any atom is -0.376 e. The highest BCUT2D eigenvalue weighted by Gasteiger charge is 2.10. The molecule has 0 amide bonds. The van der Waals surface area contributed by atoms with Gasteiger partial charge in [-0.2, -0.15) is 0 Å². The first-order chi connectivity index (χ1) is 6.16. The summed E-state index contributed by atoms with van der Waals surface area (Å²) in [5.41, 5.74) is 0. The molecule has 2 heteroatoms. The van der Waals surface area contributed by atoms with Crippen LogP contribution in [0.25, 0.3) is 0 Å². The van der Waals surface area contributed by atoms with E-state index in [1.807, 2.05) is 0 Å². The van der Waals surface area contributed by atoms with E-state index in [1.165, 1.54) is 12.8 Å². The molecule has 2 nitrogen and oxygen atoms in total. The van der Waals surface area contributed by atoms with E-state index in [9.17, 15) is 0 Å². The van der Waals surface area contributed by atoms with Crippen LogP contribution in [-0.2, 0) is 4.74 Å². The van der Waals surface area contributed by atoms with Gasteiger partial charge in [0.1, 0.15) is 0 Å². The van der Waals surface area contributed by atoms with Crippen LogP contribution in [0.4, 0.5) is 0 Å². The number of morpholine rings is 1. The summed E-state index contributed by atoms with van der Waals surface area (Å²) >= 11 is 0. The molecule has 1 fully saturated rings. The molecule has 0 aromatic heterocycles. The van der Waals surface area contributed by atoms with Gasteiger partial charge in [0.2, 0.25) is 0 Å². The van der Waals surface area contributed by atoms with Crippen LogP contribution in [-0.4, -0.2) is 25.8 Å². The third kappa shape index (κ3) is 9.84. The number of hydrogen-bond acceptors (Lipinski definition) is 2. The van der Waals surface area contributed by atoms with Gasteiger partial charge in [-0.05, 0) is 12.3 Å². The van der Waals surface area contributed by atoms with Crippen molar-refractivity contribution in [1.82, 2.24) is 5.32 Å². The van der Waals surface area contributed by atoms with Crippen LogP contribution >= 0.6 is 0 Å². The quantitative estimate of drug-likeness (QED) is 0.717. The van der Waals surface area contributed by atoms with Crippen molar-refractivity contribution in [2.75, 3.05) is 19.7 Å². The van der Waals surface area contributed by atoms with Gasteiger partial charge in [0.05, 0.1) is 12.7 Å². The van der Waals surface area contributed by atoms with Gasteiger partial charge in [-0.1, -0.05) is 34.1 Å². The molecule has 0 radical (unpaired) electrons. The van der Waals surface area contributed by atoms with Gasteiger partial charge in [0, 0.05) is 13.1 Å². The van der Waals surface area contributed by atoms with Crippen molar-refractivity contribution in [3.8, 4) is 0 Å². The third-order valence-corrected chi connectivity index (χ3v) is 1.62. The summed E-state index contributed by atoms with van der Waals surface area (Å²) in [7, 11) is 0. The predicted molar refractivity (Wildman–Crippen MR) is 58.0 cm³/mol. The lowest BCUT2D eigenvalue weighted by atomic mass is 10.2. The summed E-state index contributed by atoms with van der Waals surface area (Å²) < 4.78 is 5.46. The monoisotopic (exact) mass is 187 g/mol. The van der Waals surface area contributed by atoms with Gasteiger partial charge in [-0.25, -0.2) is 0 Å². The Kier molecular flexibility index (Phi) is 8.46. The van der Waals surface area contributed by atoms with Crippen molar-refractivity contribution in [2.24, 2.45) is 5.92 Å². The van der Waals surface area contributed by atoms with Crippen LogP contribution in [0.15, 0.2) is 0 Å². The molecule has 1 aliphatic rings. The molecule has 80 valence electrons. The normalized spacial score (nSPS) is 22.4. The lowest BCUT2D eigenvalue weighted by Crippen LogP contribution is -2.38. The molecule has 1 unspecified atom stereocenters. The van der Waals surface area contributed by atoms with E-state index < -0.39 is 0 Å². The van der Waals surface area contributed by atoms with E-state index in [0.29, 0.717) is 6.10 Å². The van der Waals surface area contributed by atoms with E-state index in [0.717, 1.165) is 25.6 Å². The maximum absolute atomic E-state index is 5.46. The number of rotatable bonds is 2. The molecular formula is C11H25NO. The molecule has 0 aromatic rings. The minimum atomic E-state index is 0.490. The zero-order chi connectivity index (χ0) is 10.1. The average molecular weight is 187 g/mol. The first kappa shape index (κ1) is 12.9. The Labute approximate surface area is 83.1 Å². The van der Waals surface area contributed by atoms with Gasteiger partial charge in [-0.15, -0.1) is 0 Å². The molecule has 1 rings (SSSR count). The number of hydrogen-bond donors (Lipinski definition) is 1. The topological polar surface area (TPSA) is 21.3 Å². The van der Waals surface area contributed by atoms with Crippen LogP contribution in [0.3, 0.4) is 0 Å². The molecule has 1 aliphatic heterocycles. The fourth-order valence-electron chi connectivity index (χ4n) is 1.13. The Morgan fingerprint density at radius 2 is 2.00 bits per heavy atom. The fraction of sp³-hybridized carbons (Fsp3) is 1.00. The molecule has 13 heavy (non-hydrogen) atoms. The van der Waals surface area contributed by atoms with Crippen LogP contribution in [0.2, 0.25) is 0 Å². The van der Waals surface area contributed by atoms with Crippen LogP contribution in [0, 0.1) is 5.92 Å². The Hall–Kier alpha value is -0.0800. The second-order valence-corrected chi connectivity index (χ2v) is 4.22. The highest BCUT2D eigenvalue weighted by atomic mass is 16.5. The molecule has 0 saturated carbocycles. The zero-order valence-electron chi connectivity index (χ0n) is 9.60. The van der Waals surface area contributed by atoms with E-state index in [1.54, 1.807) is 0 Å². The van der Waals surface area contributed by atoms with Crippen molar-refractivity contribution >= 4 is 0 Å². The van der Waals surface area contributed by atoms with E-state index in [2.05, 4.69) is 33.0 Å². The largest absolute Gasteiger partial charge is 0.376 e. The molecule has 0 aromatic carbocycles. The lowest BCUT2D eigenvalue weighted by molar-refractivity contribution is 0.0232. The summed E-state index contributed by atoms with van der Waals surface area (Å²) in [4.78, 5) is 0. The summed E-state index contributed by atoms with van der Waals surface area (Å²) in [5, 5.41) is 3.29. The Balaban J connectivity index is 0.000000310. The van der Waals surface area contributed by atoms with Gasteiger partial charge < -0.3 is 10.1 Å². The van der Waals surface area contributed by atoms with Crippen molar-refractivity contribution in [3.63, 3.8) is 0 Å². The minimum absolute atomic E-state index is 0.490. The molecule has 0 bridgehead atoms. The van der Waals surface area contributed by atoms with E-state index in [4.69, 9.17) is 4.74 Å². The Morgan fingerprint density at radius 1 is 1.38 bits per heavy atom. The Bertz CT molecular complexity index is 92.8. The lowest BCUT2D eigenvalue weighted by Gasteiger charge is -2.22. The Morgan fingerprint density at radius 3 is 2.38 bits per heavy atom. The van der Waals surface area contributed by atoms with Gasteiger partial charge >= 0.3 is 0 Å². The summed E-state index contributed by atoms with van der Waals surface area (Å²) in [6, 6.07) is 0. The smallest absolute Gasteiger partial charge is 0.0700 e. The highest BCUT2D eigenvalue weighted by Crippen LogP contribution is 2.02. The van der Waals surface area contributed by atoms with Gasteiger partial charge in [0.25, 0.3) is 0 Å². The fourth-order valence-corrected chi connectivity index (χ4v) is 1.13. The highest BCUT2D eigenvalue weighted by molar-refractivity contribution is 4.65. The standard InChI is InChI=1S/C7H15NO.C4H10/c1-2-3-7-6-8-4-5-9-7;1-4(2)3/h7-8H,2-6H2,1H3;4H,1-3H3. The summed E-state index contributed by atoms with van der Waals surface area (Å²) in [5.74, 6) is 0.833. The average Bonchev–Trinajstić information content (AvgIpc) is 2.06. The maximum atomic E-state index is 5.46. The van der Waals surface area contributed by atoms with Crippen LogP contribution < -0.4 is 5.32 Å². The molecule has 1 atom stereocenters. The van der Waals surface area contributed by atoms with Crippen molar-refractivity contribution in [2.45, 2.75) is 46.6 Å². The first-order valence-electron chi connectivity index (χ1n) is 5.49. The summed E-state index contributed by atoms with van der Waals surface area (Å²) in [6.07, 6.45) is 2.92. The van der Waals surface area contributed by atoms with Gasteiger partial charge in [-0.3, -0.25) is 0 Å². The predicted octanol–water partition coefficient (Wildman–Crippen LogP) is 2.44. The summed E-state index contributed by atoms with van der Waals surface area (Å²) in [6.45, 7) is 11.7. The zero-order valence-corrected chi connectivity index (χ0v) is 9.60.